The molecule has 1 unspecified atom stereocenters. The van der Waals surface area contributed by atoms with Crippen LogP contribution in [0.25, 0.3) is 33.4 Å². The van der Waals surface area contributed by atoms with Gasteiger partial charge in [0.2, 0.25) is 0 Å². The van der Waals surface area contributed by atoms with Crippen molar-refractivity contribution in [1.29, 1.82) is 5.26 Å². The standard InChI is InChI=1S/C27H20ClFN2O3/c28-26-18(15-3-1-4-17(29)11-15)5-2-6-20(26)24-13-16-12-21-19(22(14-30)27(16)34-24)7-8-23(21)31-10-9-25(32)33/h1-6,11-13,23,31H,7-10H2,(H,32,33). The first-order valence-electron chi connectivity index (χ1n) is 11.0. The smallest absolute Gasteiger partial charge is 0.304 e. The Hall–Kier alpha value is -3.66. The van der Waals surface area contributed by atoms with E-state index in [0.29, 0.717) is 51.6 Å². The van der Waals surface area contributed by atoms with E-state index in [0.717, 1.165) is 22.9 Å². The summed E-state index contributed by atoms with van der Waals surface area (Å²) in [5, 5.41) is 23.3. The van der Waals surface area contributed by atoms with E-state index >= 15 is 0 Å². The van der Waals surface area contributed by atoms with Crippen molar-refractivity contribution in [2.75, 3.05) is 6.54 Å². The second-order valence-corrected chi connectivity index (χ2v) is 8.70. The molecule has 1 aromatic heterocycles. The molecule has 0 aliphatic heterocycles. The van der Waals surface area contributed by atoms with Crippen molar-refractivity contribution in [3.63, 3.8) is 0 Å². The van der Waals surface area contributed by atoms with Gasteiger partial charge in [0.05, 0.1) is 17.0 Å². The van der Waals surface area contributed by atoms with Crippen LogP contribution in [-0.4, -0.2) is 17.6 Å². The Morgan fingerprint density at radius 1 is 1.21 bits per heavy atom. The maximum atomic E-state index is 13.8. The van der Waals surface area contributed by atoms with Crippen molar-refractivity contribution in [1.82, 2.24) is 5.32 Å². The van der Waals surface area contributed by atoms with E-state index in [1.807, 2.05) is 30.3 Å². The summed E-state index contributed by atoms with van der Waals surface area (Å²) in [6.45, 7) is 0.360. The van der Waals surface area contributed by atoms with Gasteiger partial charge in [0.25, 0.3) is 0 Å². The Balaban J connectivity index is 1.57. The van der Waals surface area contributed by atoms with Crippen LogP contribution in [-0.2, 0) is 11.2 Å². The molecular formula is C27H20ClFN2O3. The highest BCUT2D eigenvalue weighted by Gasteiger charge is 2.28. The largest absolute Gasteiger partial charge is 0.481 e. The number of hydrogen-bond donors (Lipinski definition) is 2. The van der Waals surface area contributed by atoms with Gasteiger partial charge in [0.1, 0.15) is 17.6 Å². The van der Waals surface area contributed by atoms with Crippen LogP contribution < -0.4 is 5.32 Å². The number of carbonyl (C=O) groups is 1. The highest BCUT2D eigenvalue weighted by atomic mass is 35.5. The number of hydrogen-bond acceptors (Lipinski definition) is 4. The number of rotatable bonds is 6. The van der Waals surface area contributed by atoms with Crippen LogP contribution >= 0.6 is 11.6 Å². The molecule has 1 aliphatic carbocycles. The number of halogens is 2. The molecule has 0 fully saturated rings. The summed E-state index contributed by atoms with van der Waals surface area (Å²) >= 11 is 6.73. The van der Waals surface area contributed by atoms with E-state index in [-0.39, 0.29) is 18.3 Å². The fourth-order valence-electron chi connectivity index (χ4n) is 4.69. The number of carboxylic acid groups (broad SMARTS) is 1. The Kier molecular flexibility index (Phi) is 5.82. The van der Waals surface area contributed by atoms with Crippen LogP contribution in [0, 0.1) is 17.1 Å². The normalized spacial score (nSPS) is 14.8. The zero-order valence-electron chi connectivity index (χ0n) is 18.1. The molecule has 0 amide bonds. The first-order chi connectivity index (χ1) is 16.5. The van der Waals surface area contributed by atoms with Gasteiger partial charge in [-0.15, -0.1) is 0 Å². The van der Waals surface area contributed by atoms with Crippen molar-refractivity contribution < 1.29 is 18.7 Å². The third kappa shape index (κ3) is 3.94. The van der Waals surface area contributed by atoms with Crippen molar-refractivity contribution in [3.8, 4) is 28.5 Å². The number of fused-ring (bicyclic) bond motifs is 2. The van der Waals surface area contributed by atoms with Crippen LogP contribution in [0.4, 0.5) is 4.39 Å². The van der Waals surface area contributed by atoms with E-state index in [9.17, 15) is 14.4 Å². The highest BCUT2D eigenvalue weighted by molar-refractivity contribution is 6.36. The second kappa shape index (κ2) is 8.94. The zero-order chi connectivity index (χ0) is 23.8. The van der Waals surface area contributed by atoms with Gasteiger partial charge >= 0.3 is 5.97 Å². The molecule has 1 aliphatic rings. The molecule has 3 aromatic carbocycles. The molecule has 5 nitrogen and oxygen atoms in total. The lowest BCUT2D eigenvalue weighted by atomic mass is 9.99. The van der Waals surface area contributed by atoms with Gasteiger partial charge < -0.3 is 14.8 Å². The SMILES string of the molecule is N#Cc1c2c(cc3cc(-c4cccc(-c5cccc(F)c5)c4Cl)oc13)C(NCCC(=O)O)CC2. The van der Waals surface area contributed by atoms with Crippen LogP contribution in [0.3, 0.4) is 0 Å². The molecule has 0 radical (unpaired) electrons. The lowest BCUT2D eigenvalue weighted by Gasteiger charge is -2.13. The van der Waals surface area contributed by atoms with Crippen molar-refractivity contribution >= 4 is 28.5 Å². The molecule has 4 aromatic rings. The lowest BCUT2D eigenvalue weighted by Crippen LogP contribution is -2.22. The highest BCUT2D eigenvalue weighted by Crippen LogP contribution is 2.42. The van der Waals surface area contributed by atoms with Crippen molar-refractivity contribution in [2.24, 2.45) is 0 Å². The molecule has 0 bridgehead atoms. The predicted octanol–water partition coefficient (Wildman–Crippen LogP) is 6.48. The number of carboxylic acids is 1. The fourth-order valence-corrected chi connectivity index (χ4v) is 5.01. The van der Waals surface area contributed by atoms with Crippen LogP contribution in [0.5, 0.6) is 0 Å². The Morgan fingerprint density at radius 3 is 2.76 bits per heavy atom. The van der Waals surface area contributed by atoms with Gasteiger partial charge in [-0.3, -0.25) is 4.79 Å². The summed E-state index contributed by atoms with van der Waals surface area (Å²) < 4.78 is 19.9. The van der Waals surface area contributed by atoms with Gasteiger partial charge in [0, 0.05) is 29.1 Å². The molecule has 0 spiro atoms. The molecule has 5 rings (SSSR count). The Labute approximate surface area is 200 Å². The molecule has 34 heavy (non-hydrogen) atoms. The molecule has 0 saturated carbocycles. The summed E-state index contributed by atoms with van der Waals surface area (Å²) in [7, 11) is 0. The average molecular weight is 475 g/mol. The fraction of sp³-hybridized carbons (Fsp3) is 0.185. The van der Waals surface area contributed by atoms with Gasteiger partial charge in [-0.2, -0.15) is 5.26 Å². The molecular weight excluding hydrogens is 455 g/mol. The predicted molar refractivity (Wildman–Crippen MR) is 128 cm³/mol. The minimum Gasteiger partial charge on any atom is -0.481 e. The summed E-state index contributed by atoms with van der Waals surface area (Å²) in [5.74, 6) is -0.674. The number of nitrogens with one attached hydrogen (secondary N) is 1. The summed E-state index contributed by atoms with van der Waals surface area (Å²) in [6, 6.07) is 17.9. The average Bonchev–Trinajstić information content (AvgIpc) is 3.41. The van der Waals surface area contributed by atoms with E-state index < -0.39 is 5.97 Å². The lowest BCUT2D eigenvalue weighted by molar-refractivity contribution is -0.136. The number of benzene rings is 3. The van der Waals surface area contributed by atoms with Crippen molar-refractivity contribution in [3.05, 3.63) is 82.1 Å². The van der Waals surface area contributed by atoms with E-state index in [1.54, 1.807) is 12.1 Å². The molecule has 1 atom stereocenters. The van der Waals surface area contributed by atoms with Crippen LogP contribution in [0.2, 0.25) is 5.02 Å². The Morgan fingerprint density at radius 2 is 2.00 bits per heavy atom. The van der Waals surface area contributed by atoms with E-state index in [4.69, 9.17) is 21.1 Å². The van der Waals surface area contributed by atoms with Gasteiger partial charge in [-0.1, -0.05) is 35.9 Å². The molecule has 0 saturated heterocycles. The number of aliphatic carboxylic acids is 1. The third-order valence-electron chi connectivity index (χ3n) is 6.25. The first kappa shape index (κ1) is 22.1. The van der Waals surface area contributed by atoms with Gasteiger partial charge in [0.15, 0.2) is 5.58 Å². The minimum absolute atomic E-state index is 0.0101. The van der Waals surface area contributed by atoms with Crippen LogP contribution in [0.15, 0.2) is 59.0 Å². The third-order valence-corrected chi connectivity index (χ3v) is 6.66. The second-order valence-electron chi connectivity index (χ2n) is 8.33. The molecule has 2 N–H and O–H groups in total. The summed E-state index contributed by atoms with van der Waals surface area (Å²) in [4.78, 5) is 10.9. The Bertz CT molecular complexity index is 1470. The van der Waals surface area contributed by atoms with Crippen molar-refractivity contribution in [2.45, 2.75) is 25.3 Å². The number of furan rings is 1. The molecule has 7 heteroatoms. The monoisotopic (exact) mass is 474 g/mol. The molecule has 170 valence electrons. The summed E-state index contributed by atoms with van der Waals surface area (Å²) in [6.07, 6.45) is 1.55. The topological polar surface area (TPSA) is 86.3 Å². The van der Waals surface area contributed by atoms with E-state index in [1.165, 1.54) is 12.1 Å². The number of nitriles is 1. The summed E-state index contributed by atoms with van der Waals surface area (Å²) in [5.41, 5.74) is 4.94. The van der Waals surface area contributed by atoms with E-state index in [2.05, 4.69) is 11.4 Å². The number of nitrogens with zero attached hydrogens (tertiary/aromatic N) is 1. The molecule has 1 heterocycles. The van der Waals surface area contributed by atoms with Gasteiger partial charge in [-0.05, 0) is 59.9 Å². The van der Waals surface area contributed by atoms with Gasteiger partial charge in [-0.25, -0.2) is 4.39 Å². The maximum absolute atomic E-state index is 13.8. The zero-order valence-corrected chi connectivity index (χ0v) is 18.8. The van der Waals surface area contributed by atoms with Crippen LogP contribution in [0.1, 0.15) is 35.6 Å². The maximum Gasteiger partial charge on any atom is 0.304 e. The quantitative estimate of drug-likeness (QED) is 0.334. The minimum atomic E-state index is -0.851. The first-order valence-corrected chi connectivity index (χ1v) is 11.3.